The number of nitrogens with one attached hydrogen (secondary N) is 1. The number of carbonyl (C=O) groups excluding carboxylic acids is 2. The fourth-order valence-corrected chi connectivity index (χ4v) is 3.24. The van der Waals surface area contributed by atoms with Crippen LogP contribution in [0.5, 0.6) is 0 Å². The molecule has 1 aromatic carbocycles. The van der Waals surface area contributed by atoms with Gasteiger partial charge in [0.1, 0.15) is 11.9 Å². The van der Waals surface area contributed by atoms with Crippen LogP contribution in [0, 0.1) is 5.82 Å². The Morgan fingerprint density at radius 1 is 1.33 bits per heavy atom. The van der Waals surface area contributed by atoms with Gasteiger partial charge in [0.15, 0.2) is 0 Å². The van der Waals surface area contributed by atoms with Crippen LogP contribution in [-0.2, 0) is 16.1 Å². The first kappa shape index (κ1) is 19.6. The van der Waals surface area contributed by atoms with Crippen LogP contribution in [0.3, 0.4) is 0 Å². The number of hydrogen-bond donors (Lipinski definition) is 1. The van der Waals surface area contributed by atoms with E-state index in [4.69, 9.17) is 4.74 Å². The smallest absolute Gasteiger partial charge is 0.414 e. The highest BCUT2D eigenvalue weighted by molar-refractivity contribution is 5.90. The molecule has 3 heterocycles. The fourth-order valence-electron chi connectivity index (χ4n) is 3.24. The summed E-state index contributed by atoms with van der Waals surface area (Å²) in [7, 11) is 0. The molecule has 4 rings (SSSR count). The summed E-state index contributed by atoms with van der Waals surface area (Å²) >= 11 is 0. The number of nitrogens with zero attached hydrogens (tertiary/aromatic N) is 4. The van der Waals surface area contributed by atoms with E-state index >= 15 is 0 Å². The molecule has 1 aliphatic rings. The molecule has 1 aliphatic heterocycles. The van der Waals surface area contributed by atoms with Gasteiger partial charge >= 0.3 is 6.09 Å². The van der Waals surface area contributed by atoms with Crippen molar-refractivity contribution in [3.8, 4) is 11.1 Å². The predicted molar refractivity (Wildman–Crippen MR) is 107 cm³/mol. The van der Waals surface area contributed by atoms with E-state index in [1.54, 1.807) is 35.3 Å². The molecule has 2 aromatic heterocycles. The molecule has 0 saturated carbocycles. The third-order valence-corrected chi connectivity index (χ3v) is 4.74. The molecule has 30 heavy (non-hydrogen) atoms. The number of amides is 2. The quantitative estimate of drug-likeness (QED) is 0.676. The second kappa shape index (κ2) is 8.32. The Morgan fingerprint density at radius 2 is 2.20 bits per heavy atom. The largest absolute Gasteiger partial charge is 0.442 e. The van der Waals surface area contributed by atoms with Gasteiger partial charge in [0.2, 0.25) is 5.91 Å². The number of benzene rings is 1. The van der Waals surface area contributed by atoms with E-state index in [2.05, 4.69) is 15.4 Å². The van der Waals surface area contributed by atoms with Gasteiger partial charge in [-0.05, 0) is 30.3 Å². The SMILES string of the molecule is CC(=O)NC[C@H]1CN(c2ccc(-c3ccc(Cn4cccn4)nc3)c(F)c2)C(=O)O1. The van der Waals surface area contributed by atoms with Crippen LogP contribution >= 0.6 is 0 Å². The maximum atomic E-state index is 14.8. The van der Waals surface area contributed by atoms with Crippen molar-refractivity contribution < 1.29 is 18.7 Å². The normalized spacial score (nSPS) is 15.9. The average Bonchev–Trinajstić information content (AvgIpc) is 3.36. The van der Waals surface area contributed by atoms with Crippen molar-refractivity contribution in [1.82, 2.24) is 20.1 Å². The maximum absolute atomic E-state index is 14.8. The fraction of sp³-hybridized carbons (Fsp3) is 0.238. The molecule has 0 radical (unpaired) electrons. The van der Waals surface area contributed by atoms with Crippen molar-refractivity contribution in [3.05, 3.63) is 66.5 Å². The molecule has 1 atom stereocenters. The molecule has 0 bridgehead atoms. The van der Waals surface area contributed by atoms with Crippen LogP contribution in [-0.4, -0.2) is 46.0 Å². The minimum atomic E-state index is -0.567. The van der Waals surface area contributed by atoms with Crippen LogP contribution in [0.25, 0.3) is 11.1 Å². The molecule has 0 spiro atoms. The van der Waals surface area contributed by atoms with Crippen molar-refractivity contribution in [1.29, 1.82) is 0 Å². The van der Waals surface area contributed by atoms with Gasteiger partial charge in [0.25, 0.3) is 0 Å². The lowest BCUT2D eigenvalue weighted by molar-refractivity contribution is -0.119. The summed E-state index contributed by atoms with van der Waals surface area (Å²) in [5.41, 5.74) is 2.23. The summed E-state index contributed by atoms with van der Waals surface area (Å²) in [6, 6.07) is 10.0. The van der Waals surface area contributed by atoms with Gasteiger partial charge in [0, 0.05) is 36.6 Å². The lowest BCUT2D eigenvalue weighted by atomic mass is 10.1. The van der Waals surface area contributed by atoms with Crippen LogP contribution in [0.4, 0.5) is 14.9 Å². The first-order valence-electron chi connectivity index (χ1n) is 9.44. The van der Waals surface area contributed by atoms with E-state index < -0.39 is 18.0 Å². The van der Waals surface area contributed by atoms with Gasteiger partial charge in [-0.3, -0.25) is 19.4 Å². The molecular weight excluding hydrogens is 389 g/mol. The third-order valence-electron chi connectivity index (χ3n) is 4.74. The van der Waals surface area contributed by atoms with Gasteiger partial charge in [0.05, 0.1) is 31.0 Å². The number of carbonyl (C=O) groups is 2. The monoisotopic (exact) mass is 409 g/mol. The number of halogens is 1. The third kappa shape index (κ3) is 4.29. The summed E-state index contributed by atoms with van der Waals surface area (Å²) in [5.74, 6) is -0.670. The predicted octanol–water partition coefficient (Wildman–Crippen LogP) is 2.59. The van der Waals surface area contributed by atoms with Crippen LogP contribution in [0.15, 0.2) is 55.0 Å². The molecule has 8 nitrogen and oxygen atoms in total. The van der Waals surface area contributed by atoms with E-state index in [0.717, 1.165) is 5.69 Å². The van der Waals surface area contributed by atoms with E-state index in [1.165, 1.54) is 17.9 Å². The lowest BCUT2D eigenvalue weighted by Crippen LogP contribution is -2.33. The Labute approximate surface area is 172 Å². The Kier molecular flexibility index (Phi) is 5.42. The Morgan fingerprint density at radius 3 is 2.87 bits per heavy atom. The Hall–Kier alpha value is -3.75. The molecule has 1 N–H and O–H groups in total. The molecule has 154 valence electrons. The summed E-state index contributed by atoms with van der Waals surface area (Å²) in [6.45, 7) is 2.38. The average molecular weight is 409 g/mol. The van der Waals surface area contributed by atoms with Crippen molar-refractivity contribution in [2.75, 3.05) is 18.0 Å². The Balaban J connectivity index is 1.47. The Bertz CT molecular complexity index is 1050. The molecule has 2 amide bonds. The standard InChI is InChI=1S/C21H20FN5O3/c1-14(28)23-11-18-13-27(21(29)30-18)17-5-6-19(20(22)9-17)15-3-4-16(24-10-15)12-26-8-2-7-25-26/h2-10,18H,11-13H2,1H3,(H,23,28)/t18-/m0/s1. The summed E-state index contributed by atoms with van der Waals surface area (Å²) < 4.78 is 21.8. The van der Waals surface area contributed by atoms with Gasteiger partial charge in [-0.15, -0.1) is 0 Å². The summed E-state index contributed by atoms with van der Waals surface area (Å²) in [5, 5.41) is 6.75. The second-order valence-corrected chi connectivity index (χ2v) is 6.96. The van der Waals surface area contributed by atoms with Crippen LogP contribution in [0.1, 0.15) is 12.6 Å². The molecule has 1 saturated heterocycles. The number of cyclic esters (lactones) is 1. The molecule has 1 fully saturated rings. The van der Waals surface area contributed by atoms with Crippen molar-refractivity contribution in [2.24, 2.45) is 0 Å². The van der Waals surface area contributed by atoms with Crippen LogP contribution in [0.2, 0.25) is 0 Å². The number of aromatic nitrogens is 3. The highest BCUT2D eigenvalue weighted by Crippen LogP contribution is 2.29. The zero-order valence-corrected chi connectivity index (χ0v) is 16.3. The number of anilines is 1. The zero-order valence-electron chi connectivity index (χ0n) is 16.3. The van der Waals surface area contributed by atoms with Gasteiger partial charge in [-0.25, -0.2) is 9.18 Å². The molecule has 0 unspecified atom stereocenters. The summed E-state index contributed by atoms with van der Waals surface area (Å²) in [4.78, 5) is 28.9. The topological polar surface area (TPSA) is 89.4 Å². The minimum Gasteiger partial charge on any atom is -0.442 e. The highest BCUT2D eigenvalue weighted by Gasteiger charge is 2.32. The second-order valence-electron chi connectivity index (χ2n) is 6.96. The van der Waals surface area contributed by atoms with Crippen molar-refractivity contribution >= 4 is 17.7 Å². The molecule has 9 heteroatoms. The molecule has 3 aromatic rings. The lowest BCUT2D eigenvalue weighted by Gasteiger charge is -2.14. The summed E-state index contributed by atoms with van der Waals surface area (Å²) in [6.07, 6.45) is 4.12. The van der Waals surface area contributed by atoms with Gasteiger partial charge in [-0.1, -0.05) is 6.07 Å². The molecule has 0 aliphatic carbocycles. The number of pyridine rings is 1. The van der Waals surface area contributed by atoms with E-state index in [0.29, 0.717) is 23.4 Å². The minimum absolute atomic E-state index is 0.204. The first-order valence-corrected chi connectivity index (χ1v) is 9.44. The zero-order chi connectivity index (χ0) is 21.1. The van der Waals surface area contributed by atoms with Gasteiger partial charge < -0.3 is 10.1 Å². The maximum Gasteiger partial charge on any atom is 0.414 e. The number of rotatable bonds is 6. The highest BCUT2D eigenvalue weighted by atomic mass is 19.1. The molecular formula is C21H20FN5O3. The van der Waals surface area contributed by atoms with Crippen molar-refractivity contribution in [3.63, 3.8) is 0 Å². The van der Waals surface area contributed by atoms with E-state index in [-0.39, 0.29) is 19.0 Å². The van der Waals surface area contributed by atoms with Crippen molar-refractivity contribution in [2.45, 2.75) is 19.6 Å². The number of hydrogen-bond acceptors (Lipinski definition) is 5. The van der Waals surface area contributed by atoms with E-state index in [9.17, 15) is 14.0 Å². The van der Waals surface area contributed by atoms with Crippen LogP contribution < -0.4 is 10.2 Å². The van der Waals surface area contributed by atoms with E-state index in [1.807, 2.05) is 18.3 Å². The number of ether oxygens (including phenoxy) is 1. The first-order chi connectivity index (χ1) is 14.5. The van der Waals surface area contributed by atoms with Gasteiger partial charge in [-0.2, -0.15) is 5.10 Å².